The lowest BCUT2D eigenvalue weighted by Crippen LogP contribution is -1.86. The van der Waals surface area contributed by atoms with Crippen LogP contribution in [0.25, 0.3) is 0 Å². The van der Waals surface area contributed by atoms with E-state index in [2.05, 4.69) is 22.0 Å². The highest BCUT2D eigenvalue weighted by Gasteiger charge is 1.99. The first kappa shape index (κ1) is 5.32. The van der Waals surface area contributed by atoms with E-state index in [1.807, 2.05) is 0 Å². The molecule has 0 saturated heterocycles. The zero-order valence-corrected chi connectivity index (χ0v) is 5.57. The molecule has 1 heterocycles. The lowest BCUT2D eigenvalue weighted by molar-refractivity contribution is 0.209. The molecule has 1 aliphatic rings. The van der Waals surface area contributed by atoms with Crippen molar-refractivity contribution in [2.75, 3.05) is 18.5 Å². The first-order chi connectivity index (χ1) is 3.43. The van der Waals surface area contributed by atoms with Crippen LogP contribution in [0.5, 0.6) is 0 Å². The van der Waals surface area contributed by atoms with Crippen molar-refractivity contribution < 1.29 is 4.74 Å². The van der Waals surface area contributed by atoms with Crippen LogP contribution in [0.3, 0.4) is 0 Å². The van der Waals surface area contributed by atoms with Crippen molar-refractivity contribution in [3.05, 3.63) is 11.6 Å². The zero-order chi connectivity index (χ0) is 5.11. The summed E-state index contributed by atoms with van der Waals surface area (Å²) in [4.78, 5) is 0. The monoisotopic (exact) mass is 162 g/mol. The minimum absolute atomic E-state index is 0.806. The van der Waals surface area contributed by atoms with Gasteiger partial charge in [-0.1, -0.05) is 22.0 Å². The van der Waals surface area contributed by atoms with Gasteiger partial charge in [-0.2, -0.15) is 0 Å². The van der Waals surface area contributed by atoms with Gasteiger partial charge in [-0.15, -0.1) is 0 Å². The Labute approximate surface area is 51.5 Å². The van der Waals surface area contributed by atoms with Gasteiger partial charge in [0.25, 0.3) is 0 Å². The minimum atomic E-state index is 0.806. The van der Waals surface area contributed by atoms with Crippen LogP contribution in [-0.2, 0) is 4.74 Å². The van der Waals surface area contributed by atoms with E-state index < -0.39 is 0 Å². The zero-order valence-electron chi connectivity index (χ0n) is 3.98. The number of hydrogen-bond donors (Lipinski definition) is 0. The predicted molar refractivity (Wildman–Crippen MR) is 32.7 cm³/mol. The summed E-state index contributed by atoms with van der Waals surface area (Å²) in [6, 6.07) is 0. The standard InChI is InChI=1S/C5H7BrO/c6-3-5-1-2-7-4-5/h1H,2-4H2. The quantitative estimate of drug-likeness (QED) is 0.418. The van der Waals surface area contributed by atoms with Gasteiger partial charge in [0.05, 0.1) is 13.2 Å². The van der Waals surface area contributed by atoms with Crippen LogP contribution in [0.4, 0.5) is 0 Å². The van der Waals surface area contributed by atoms with Crippen molar-refractivity contribution >= 4 is 15.9 Å². The van der Waals surface area contributed by atoms with Gasteiger partial charge >= 0.3 is 0 Å². The molecule has 0 N–H and O–H groups in total. The van der Waals surface area contributed by atoms with Gasteiger partial charge in [0.2, 0.25) is 0 Å². The Morgan fingerprint density at radius 3 is 3.00 bits per heavy atom. The molecule has 0 aromatic heterocycles. The molecule has 0 fully saturated rings. The summed E-state index contributed by atoms with van der Waals surface area (Å²) in [7, 11) is 0. The van der Waals surface area contributed by atoms with Crippen LogP contribution in [0.1, 0.15) is 0 Å². The Balaban J connectivity index is 2.36. The fourth-order valence-electron chi connectivity index (χ4n) is 0.519. The van der Waals surface area contributed by atoms with E-state index in [1.54, 1.807) is 0 Å². The highest BCUT2D eigenvalue weighted by atomic mass is 79.9. The Bertz CT molecular complexity index is 88.1. The Morgan fingerprint density at radius 1 is 1.86 bits per heavy atom. The van der Waals surface area contributed by atoms with E-state index in [0.717, 1.165) is 18.5 Å². The molecule has 0 spiro atoms. The molecule has 0 aromatic rings. The molecule has 0 unspecified atom stereocenters. The predicted octanol–water partition coefficient (Wildman–Crippen LogP) is 1.34. The summed E-state index contributed by atoms with van der Waals surface area (Å²) in [5.41, 5.74) is 1.36. The largest absolute Gasteiger partial charge is 0.373 e. The molecule has 2 heteroatoms. The van der Waals surface area contributed by atoms with Crippen molar-refractivity contribution in [1.29, 1.82) is 0 Å². The first-order valence-corrected chi connectivity index (χ1v) is 3.37. The van der Waals surface area contributed by atoms with Crippen LogP contribution < -0.4 is 0 Å². The third-order valence-electron chi connectivity index (χ3n) is 0.949. The van der Waals surface area contributed by atoms with E-state index in [0.29, 0.717) is 0 Å². The number of hydrogen-bond acceptors (Lipinski definition) is 1. The van der Waals surface area contributed by atoms with Gasteiger partial charge in [-0.05, 0) is 5.57 Å². The molecule has 0 bridgehead atoms. The van der Waals surface area contributed by atoms with Gasteiger partial charge < -0.3 is 4.74 Å². The number of ether oxygens (including phenoxy) is 1. The highest BCUT2D eigenvalue weighted by molar-refractivity contribution is 9.09. The average Bonchev–Trinajstić information content (AvgIpc) is 2.14. The number of rotatable bonds is 1. The summed E-state index contributed by atoms with van der Waals surface area (Å²) >= 11 is 3.33. The van der Waals surface area contributed by atoms with E-state index in [1.165, 1.54) is 5.57 Å². The summed E-state index contributed by atoms with van der Waals surface area (Å²) in [6.45, 7) is 1.63. The lowest BCUT2D eigenvalue weighted by atomic mass is 10.3. The molecular weight excluding hydrogens is 156 g/mol. The van der Waals surface area contributed by atoms with Crippen LogP contribution in [0.2, 0.25) is 0 Å². The second-order valence-electron chi connectivity index (χ2n) is 1.51. The van der Waals surface area contributed by atoms with Gasteiger partial charge in [-0.25, -0.2) is 0 Å². The molecule has 0 aliphatic carbocycles. The van der Waals surface area contributed by atoms with Gasteiger partial charge in [0, 0.05) is 5.33 Å². The molecule has 40 valence electrons. The van der Waals surface area contributed by atoms with Crippen LogP contribution in [0, 0.1) is 0 Å². The van der Waals surface area contributed by atoms with E-state index >= 15 is 0 Å². The second-order valence-corrected chi connectivity index (χ2v) is 2.07. The van der Waals surface area contributed by atoms with E-state index in [9.17, 15) is 0 Å². The molecular formula is C5H7BrO. The molecule has 0 amide bonds. The van der Waals surface area contributed by atoms with Crippen molar-refractivity contribution in [1.82, 2.24) is 0 Å². The van der Waals surface area contributed by atoms with Crippen LogP contribution in [-0.4, -0.2) is 18.5 Å². The van der Waals surface area contributed by atoms with Gasteiger partial charge in [-0.3, -0.25) is 0 Å². The maximum Gasteiger partial charge on any atom is 0.0690 e. The van der Waals surface area contributed by atoms with Crippen molar-refractivity contribution in [3.8, 4) is 0 Å². The normalized spacial score (nSPS) is 19.9. The Morgan fingerprint density at radius 2 is 2.71 bits per heavy atom. The molecule has 1 nitrogen and oxygen atoms in total. The summed E-state index contributed by atoms with van der Waals surface area (Å²) < 4.78 is 5.03. The fraction of sp³-hybridized carbons (Fsp3) is 0.600. The fourth-order valence-corrected chi connectivity index (χ4v) is 0.910. The SMILES string of the molecule is BrCC1=CCOC1. The van der Waals surface area contributed by atoms with E-state index in [4.69, 9.17) is 4.74 Å². The molecule has 0 radical (unpaired) electrons. The first-order valence-electron chi connectivity index (χ1n) is 2.25. The summed E-state index contributed by atoms with van der Waals surface area (Å²) in [5.74, 6) is 0. The van der Waals surface area contributed by atoms with Crippen molar-refractivity contribution in [2.24, 2.45) is 0 Å². The number of alkyl halides is 1. The van der Waals surface area contributed by atoms with E-state index in [-0.39, 0.29) is 0 Å². The molecule has 1 aliphatic heterocycles. The Kier molecular flexibility index (Phi) is 1.88. The van der Waals surface area contributed by atoms with Gasteiger partial charge in [0.15, 0.2) is 0 Å². The molecule has 0 atom stereocenters. The minimum Gasteiger partial charge on any atom is -0.373 e. The van der Waals surface area contributed by atoms with Crippen molar-refractivity contribution in [3.63, 3.8) is 0 Å². The number of halogens is 1. The summed E-state index contributed by atoms with van der Waals surface area (Å²) in [6.07, 6.45) is 2.11. The molecule has 0 saturated carbocycles. The third-order valence-corrected chi connectivity index (χ3v) is 1.67. The van der Waals surface area contributed by atoms with Gasteiger partial charge in [0.1, 0.15) is 0 Å². The summed E-state index contributed by atoms with van der Waals surface area (Å²) in [5, 5.41) is 0.965. The molecule has 1 rings (SSSR count). The highest BCUT2D eigenvalue weighted by Crippen LogP contribution is 2.05. The third kappa shape index (κ3) is 1.28. The molecule has 0 aromatic carbocycles. The van der Waals surface area contributed by atoms with Crippen LogP contribution >= 0.6 is 15.9 Å². The maximum absolute atomic E-state index is 5.03. The van der Waals surface area contributed by atoms with Crippen LogP contribution in [0.15, 0.2) is 11.6 Å². The smallest absolute Gasteiger partial charge is 0.0690 e. The topological polar surface area (TPSA) is 9.23 Å². The Hall–Kier alpha value is 0.180. The average molecular weight is 163 g/mol. The maximum atomic E-state index is 5.03. The second kappa shape index (κ2) is 2.48. The molecule has 7 heavy (non-hydrogen) atoms. The van der Waals surface area contributed by atoms with Crippen molar-refractivity contribution in [2.45, 2.75) is 0 Å². The lowest BCUT2D eigenvalue weighted by Gasteiger charge is -1.88.